The van der Waals surface area contributed by atoms with E-state index < -0.39 is 0 Å². The van der Waals surface area contributed by atoms with Crippen LogP contribution < -0.4 is 10.6 Å². The summed E-state index contributed by atoms with van der Waals surface area (Å²) < 4.78 is 4.98. The topological polar surface area (TPSA) is 87.7 Å². The third-order valence-electron chi connectivity index (χ3n) is 5.21. The number of nitrogens with zero attached hydrogens (tertiary/aromatic N) is 1. The van der Waals surface area contributed by atoms with Crippen LogP contribution in [0.3, 0.4) is 0 Å². The van der Waals surface area contributed by atoms with Gasteiger partial charge in [-0.1, -0.05) is 0 Å². The van der Waals surface area contributed by atoms with Gasteiger partial charge in [-0.25, -0.2) is 0 Å². The summed E-state index contributed by atoms with van der Waals surface area (Å²) >= 11 is 0. The van der Waals surface area contributed by atoms with Crippen LogP contribution in [0.2, 0.25) is 0 Å². The second-order valence-corrected chi connectivity index (χ2v) is 7.25. The van der Waals surface area contributed by atoms with Crippen molar-refractivity contribution in [3.63, 3.8) is 0 Å². The van der Waals surface area contributed by atoms with E-state index in [2.05, 4.69) is 15.5 Å². The number of methoxy groups -OCH3 is 1. The van der Waals surface area contributed by atoms with Crippen molar-refractivity contribution in [3.05, 3.63) is 29.8 Å². The molecule has 1 aromatic rings. The number of anilines is 1. The lowest BCUT2D eigenvalue weighted by molar-refractivity contribution is -0.127. The van der Waals surface area contributed by atoms with E-state index in [0.29, 0.717) is 37.5 Å². The first-order chi connectivity index (χ1) is 13.4. The van der Waals surface area contributed by atoms with Crippen LogP contribution in [-0.4, -0.2) is 61.9 Å². The van der Waals surface area contributed by atoms with Gasteiger partial charge in [-0.15, -0.1) is 0 Å². The zero-order valence-electron chi connectivity index (χ0n) is 17.0. The maximum atomic E-state index is 12.5. The van der Waals surface area contributed by atoms with E-state index in [1.807, 2.05) is 6.92 Å². The summed E-state index contributed by atoms with van der Waals surface area (Å²) in [6.07, 6.45) is 2.31. The summed E-state index contributed by atoms with van der Waals surface area (Å²) in [6, 6.07) is 6.61. The minimum absolute atomic E-state index is 0.00292. The number of hydrogen-bond donors (Lipinski definition) is 2. The van der Waals surface area contributed by atoms with Gasteiger partial charge in [0.15, 0.2) is 5.78 Å². The minimum Gasteiger partial charge on any atom is -0.385 e. The molecule has 1 aliphatic heterocycles. The molecule has 154 valence electrons. The number of hydrogen-bond acceptors (Lipinski definition) is 5. The van der Waals surface area contributed by atoms with Crippen molar-refractivity contribution < 1.29 is 19.1 Å². The Balaban J connectivity index is 1.77. The maximum Gasteiger partial charge on any atom is 0.241 e. The molecule has 1 heterocycles. The SMILES string of the molecule is COCCCNC(=O)C1CCN(C(C)C(=O)Nc2ccc(C(C)=O)cc2)CC1. The lowest BCUT2D eigenvalue weighted by Gasteiger charge is -2.34. The van der Waals surface area contributed by atoms with Crippen molar-refractivity contribution in [1.29, 1.82) is 0 Å². The quantitative estimate of drug-likeness (QED) is 0.499. The standard InChI is InChI=1S/C21H31N3O4/c1-15(20(26)23-19-7-5-17(6-8-19)16(2)25)24-12-9-18(10-13-24)21(27)22-11-4-14-28-3/h5-8,15,18H,4,9-14H2,1-3H3,(H,22,27)(H,23,26). The Labute approximate surface area is 166 Å². The molecule has 0 bridgehead atoms. The second-order valence-electron chi connectivity index (χ2n) is 7.25. The van der Waals surface area contributed by atoms with Gasteiger partial charge in [0.25, 0.3) is 0 Å². The van der Waals surface area contributed by atoms with Crippen LogP contribution in [0.25, 0.3) is 0 Å². The van der Waals surface area contributed by atoms with Gasteiger partial charge < -0.3 is 15.4 Å². The first-order valence-corrected chi connectivity index (χ1v) is 9.85. The predicted molar refractivity (Wildman–Crippen MR) is 108 cm³/mol. The average Bonchev–Trinajstić information content (AvgIpc) is 2.71. The van der Waals surface area contributed by atoms with Crippen LogP contribution in [0.4, 0.5) is 5.69 Å². The summed E-state index contributed by atoms with van der Waals surface area (Å²) in [4.78, 5) is 38.2. The summed E-state index contributed by atoms with van der Waals surface area (Å²) in [5, 5.41) is 5.85. The highest BCUT2D eigenvalue weighted by molar-refractivity contribution is 5.97. The third kappa shape index (κ3) is 6.42. The van der Waals surface area contributed by atoms with E-state index in [1.165, 1.54) is 6.92 Å². The molecule has 0 aromatic heterocycles. The van der Waals surface area contributed by atoms with E-state index in [4.69, 9.17) is 4.74 Å². The molecular weight excluding hydrogens is 358 g/mol. The lowest BCUT2D eigenvalue weighted by Crippen LogP contribution is -2.48. The maximum absolute atomic E-state index is 12.5. The molecule has 0 aliphatic carbocycles. The van der Waals surface area contributed by atoms with Crippen molar-refractivity contribution in [3.8, 4) is 0 Å². The van der Waals surface area contributed by atoms with Crippen molar-refractivity contribution in [2.24, 2.45) is 5.92 Å². The highest BCUT2D eigenvalue weighted by Crippen LogP contribution is 2.20. The molecule has 1 unspecified atom stereocenters. The number of rotatable bonds is 9. The number of amides is 2. The fraction of sp³-hybridized carbons (Fsp3) is 0.571. The normalized spacial score (nSPS) is 16.4. The Hall–Kier alpha value is -2.25. The fourth-order valence-corrected chi connectivity index (χ4v) is 3.32. The van der Waals surface area contributed by atoms with Crippen LogP contribution in [0.1, 0.15) is 43.5 Å². The molecule has 1 aromatic carbocycles. The third-order valence-corrected chi connectivity index (χ3v) is 5.21. The number of carbonyl (C=O) groups is 3. The van der Waals surface area contributed by atoms with Gasteiger partial charge in [-0.2, -0.15) is 0 Å². The number of ketones is 1. The van der Waals surface area contributed by atoms with E-state index in [1.54, 1.807) is 31.4 Å². The Morgan fingerprint density at radius 1 is 1.18 bits per heavy atom. The molecule has 1 fully saturated rings. The lowest BCUT2D eigenvalue weighted by atomic mass is 9.95. The molecule has 1 aliphatic rings. The molecule has 0 saturated carbocycles. The molecule has 2 rings (SSSR count). The molecule has 2 amide bonds. The van der Waals surface area contributed by atoms with Crippen LogP contribution in [0.5, 0.6) is 0 Å². The smallest absolute Gasteiger partial charge is 0.241 e. The van der Waals surface area contributed by atoms with E-state index in [-0.39, 0.29) is 29.6 Å². The van der Waals surface area contributed by atoms with E-state index in [9.17, 15) is 14.4 Å². The van der Waals surface area contributed by atoms with Crippen molar-refractivity contribution in [2.75, 3.05) is 38.7 Å². The molecular formula is C21H31N3O4. The number of carbonyl (C=O) groups excluding carboxylic acids is 3. The zero-order chi connectivity index (χ0) is 20.5. The van der Waals surface area contributed by atoms with Crippen LogP contribution in [0, 0.1) is 5.92 Å². The van der Waals surface area contributed by atoms with Crippen molar-refractivity contribution >= 4 is 23.3 Å². The number of benzene rings is 1. The first-order valence-electron chi connectivity index (χ1n) is 9.85. The van der Waals surface area contributed by atoms with Gasteiger partial charge in [0.2, 0.25) is 11.8 Å². The summed E-state index contributed by atoms with van der Waals surface area (Å²) in [7, 11) is 1.65. The zero-order valence-corrected chi connectivity index (χ0v) is 17.0. The molecule has 1 saturated heterocycles. The highest BCUT2D eigenvalue weighted by atomic mass is 16.5. The second kappa shape index (κ2) is 10.9. The Morgan fingerprint density at radius 3 is 2.39 bits per heavy atom. The molecule has 1 atom stereocenters. The van der Waals surface area contributed by atoms with Gasteiger partial charge in [0, 0.05) is 37.4 Å². The summed E-state index contributed by atoms with van der Waals surface area (Å²) in [5.41, 5.74) is 1.29. The van der Waals surface area contributed by atoms with Gasteiger partial charge in [0.05, 0.1) is 6.04 Å². The summed E-state index contributed by atoms with van der Waals surface area (Å²) in [5.74, 6) is 0.0153. The Kier molecular flexibility index (Phi) is 8.60. The molecule has 7 heteroatoms. The van der Waals surface area contributed by atoms with E-state index >= 15 is 0 Å². The van der Waals surface area contributed by atoms with Crippen LogP contribution >= 0.6 is 0 Å². The van der Waals surface area contributed by atoms with Gasteiger partial charge >= 0.3 is 0 Å². The highest BCUT2D eigenvalue weighted by Gasteiger charge is 2.29. The van der Waals surface area contributed by atoms with Crippen molar-refractivity contribution in [2.45, 2.75) is 39.2 Å². The van der Waals surface area contributed by atoms with Crippen LogP contribution in [-0.2, 0) is 14.3 Å². The Morgan fingerprint density at radius 2 is 1.82 bits per heavy atom. The monoisotopic (exact) mass is 389 g/mol. The molecule has 0 radical (unpaired) electrons. The van der Waals surface area contributed by atoms with Crippen molar-refractivity contribution in [1.82, 2.24) is 10.2 Å². The summed E-state index contributed by atoms with van der Waals surface area (Å²) in [6.45, 7) is 6.10. The molecule has 0 spiro atoms. The van der Waals surface area contributed by atoms with Gasteiger partial charge in [-0.3, -0.25) is 19.3 Å². The van der Waals surface area contributed by atoms with Gasteiger partial charge in [0.1, 0.15) is 0 Å². The van der Waals surface area contributed by atoms with Crippen LogP contribution in [0.15, 0.2) is 24.3 Å². The largest absolute Gasteiger partial charge is 0.385 e. The molecule has 28 heavy (non-hydrogen) atoms. The fourth-order valence-electron chi connectivity index (χ4n) is 3.32. The predicted octanol–water partition coefficient (Wildman–Crippen LogP) is 2.08. The molecule has 7 nitrogen and oxygen atoms in total. The first kappa shape index (κ1) is 22.0. The molecule has 2 N–H and O–H groups in total. The number of likely N-dealkylation sites (tertiary alicyclic amines) is 1. The average molecular weight is 389 g/mol. The van der Waals surface area contributed by atoms with E-state index in [0.717, 1.165) is 19.3 Å². The number of Topliss-reactive ketones (excluding diaryl/α,β-unsaturated/α-hetero) is 1. The minimum atomic E-state index is -0.279. The Bertz CT molecular complexity index is 667. The van der Waals surface area contributed by atoms with Gasteiger partial charge in [-0.05, 0) is 70.5 Å². The number of piperidine rings is 1. The number of nitrogens with one attached hydrogen (secondary N) is 2. The number of ether oxygens (including phenoxy) is 1.